The van der Waals surface area contributed by atoms with Gasteiger partial charge < -0.3 is 9.63 Å². The van der Waals surface area contributed by atoms with Gasteiger partial charge in [-0.3, -0.25) is 5.10 Å². The molecule has 0 unspecified atom stereocenters. The maximum Gasteiger partial charge on any atom is 0.258 e. The maximum absolute atomic E-state index is 11.8. The normalized spacial score (nSPS) is 11.8. The van der Waals surface area contributed by atoms with Crippen molar-refractivity contribution in [3.63, 3.8) is 0 Å². The molecule has 10 heteroatoms. The fourth-order valence-corrected chi connectivity index (χ4v) is 2.25. The topological polar surface area (TPSA) is 134 Å². The molecule has 0 radical (unpaired) electrons. The van der Waals surface area contributed by atoms with Gasteiger partial charge in [0.2, 0.25) is 6.39 Å². The number of H-pyrrole nitrogens is 1. The first-order chi connectivity index (χ1) is 8.13. The number of aliphatic hydroxyl groups excluding tert-OH is 1. The molecule has 92 valence electrons. The van der Waals surface area contributed by atoms with Crippen LogP contribution in [0.2, 0.25) is 0 Å². The molecule has 2 aromatic heterocycles. The highest BCUT2D eigenvalue weighted by atomic mass is 32.2. The van der Waals surface area contributed by atoms with Gasteiger partial charge in [-0.15, -0.1) is 0 Å². The number of aromatic nitrogens is 4. The van der Waals surface area contributed by atoms with Crippen molar-refractivity contribution in [2.75, 3.05) is 0 Å². The Balaban J connectivity index is 2.14. The lowest BCUT2D eigenvalue weighted by Gasteiger charge is -2.03. The van der Waals surface area contributed by atoms with Gasteiger partial charge in [0.15, 0.2) is 10.9 Å². The van der Waals surface area contributed by atoms with Crippen LogP contribution in [0.4, 0.5) is 0 Å². The number of aromatic amines is 1. The average molecular weight is 259 g/mol. The molecule has 0 aliphatic heterocycles. The second-order valence-electron chi connectivity index (χ2n) is 3.05. The molecule has 0 aliphatic carbocycles. The molecule has 3 N–H and O–H groups in total. The van der Waals surface area contributed by atoms with Gasteiger partial charge in [0.05, 0.1) is 19.3 Å². The van der Waals surface area contributed by atoms with E-state index in [2.05, 4.69) is 29.6 Å². The van der Waals surface area contributed by atoms with E-state index in [0.717, 1.165) is 6.39 Å². The Bertz CT molecular complexity index is 575. The van der Waals surface area contributed by atoms with Crippen LogP contribution in [-0.4, -0.2) is 33.9 Å². The lowest BCUT2D eigenvalue weighted by Crippen LogP contribution is -2.25. The van der Waals surface area contributed by atoms with E-state index in [-0.39, 0.29) is 23.0 Å². The second-order valence-corrected chi connectivity index (χ2v) is 4.76. The van der Waals surface area contributed by atoms with Gasteiger partial charge in [-0.2, -0.15) is 10.1 Å². The predicted octanol–water partition coefficient (Wildman–Crippen LogP) is -1.24. The van der Waals surface area contributed by atoms with Gasteiger partial charge in [-0.1, -0.05) is 5.16 Å². The maximum atomic E-state index is 11.8. The van der Waals surface area contributed by atoms with E-state index in [1.54, 1.807) is 0 Å². The van der Waals surface area contributed by atoms with Crippen LogP contribution in [0.3, 0.4) is 0 Å². The molecular formula is C7H9N5O4S. The third-order valence-corrected chi connectivity index (χ3v) is 3.36. The number of aliphatic hydroxyl groups is 1. The minimum atomic E-state index is -3.79. The molecule has 0 amide bonds. The van der Waals surface area contributed by atoms with E-state index in [1.165, 1.54) is 6.20 Å². The molecule has 0 spiro atoms. The van der Waals surface area contributed by atoms with Crippen molar-refractivity contribution in [1.29, 1.82) is 0 Å². The van der Waals surface area contributed by atoms with Gasteiger partial charge in [0.25, 0.3) is 10.0 Å². The Morgan fingerprint density at radius 1 is 1.53 bits per heavy atom. The summed E-state index contributed by atoms with van der Waals surface area (Å²) in [7, 11) is -3.79. The van der Waals surface area contributed by atoms with Crippen LogP contribution >= 0.6 is 0 Å². The van der Waals surface area contributed by atoms with Gasteiger partial charge >= 0.3 is 0 Å². The summed E-state index contributed by atoms with van der Waals surface area (Å²) >= 11 is 0. The van der Waals surface area contributed by atoms with Crippen LogP contribution in [0, 0.1) is 0 Å². The van der Waals surface area contributed by atoms with E-state index in [1.807, 2.05) is 0 Å². The monoisotopic (exact) mass is 259 g/mol. The summed E-state index contributed by atoms with van der Waals surface area (Å²) in [6, 6.07) is 0. The second kappa shape index (κ2) is 4.61. The van der Waals surface area contributed by atoms with E-state index < -0.39 is 16.6 Å². The van der Waals surface area contributed by atoms with Crippen molar-refractivity contribution in [3.8, 4) is 0 Å². The Hall–Kier alpha value is -1.78. The van der Waals surface area contributed by atoms with Crippen molar-refractivity contribution in [1.82, 2.24) is 25.1 Å². The number of rotatable bonds is 5. The Morgan fingerprint density at radius 3 is 3.00 bits per heavy atom. The fraction of sp³-hybridized carbons (Fsp3) is 0.286. The zero-order valence-corrected chi connectivity index (χ0v) is 9.31. The van der Waals surface area contributed by atoms with Crippen LogP contribution < -0.4 is 4.72 Å². The zero-order chi connectivity index (χ0) is 12.3. The van der Waals surface area contributed by atoms with Gasteiger partial charge in [-0.25, -0.2) is 13.1 Å². The van der Waals surface area contributed by atoms with Gasteiger partial charge in [0.1, 0.15) is 0 Å². The summed E-state index contributed by atoms with van der Waals surface area (Å²) < 4.78 is 30.3. The molecule has 2 heterocycles. The number of nitrogens with one attached hydrogen (secondary N) is 2. The molecule has 0 saturated heterocycles. The molecule has 9 nitrogen and oxygen atoms in total. The zero-order valence-electron chi connectivity index (χ0n) is 8.49. The summed E-state index contributed by atoms with van der Waals surface area (Å²) in [6.45, 7) is -0.530. The van der Waals surface area contributed by atoms with Gasteiger partial charge in [-0.05, 0) is 0 Å². The van der Waals surface area contributed by atoms with Crippen LogP contribution in [0.25, 0.3) is 0 Å². The number of nitrogens with zero attached hydrogens (tertiary/aromatic N) is 3. The Morgan fingerprint density at radius 2 is 2.35 bits per heavy atom. The average Bonchev–Trinajstić information content (AvgIpc) is 2.97. The number of hydrogen-bond donors (Lipinski definition) is 3. The highest BCUT2D eigenvalue weighted by Gasteiger charge is 2.20. The predicted molar refractivity (Wildman–Crippen MR) is 52.8 cm³/mol. The molecule has 17 heavy (non-hydrogen) atoms. The number of hydrogen-bond acceptors (Lipinski definition) is 7. The van der Waals surface area contributed by atoms with Crippen molar-refractivity contribution in [2.45, 2.75) is 18.2 Å². The number of sulfonamides is 1. The van der Waals surface area contributed by atoms with Crippen molar-refractivity contribution in [2.24, 2.45) is 0 Å². The lowest BCUT2D eigenvalue weighted by atomic mass is 10.4. The summed E-state index contributed by atoms with van der Waals surface area (Å²) in [5.41, 5.74) is 0.186. The first kappa shape index (κ1) is 11.7. The van der Waals surface area contributed by atoms with Crippen LogP contribution in [0.15, 0.2) is 22.1 Å². The summed E-state index contributed by atoms with van der Waals surface area (Å²) in [5, 5.41) is 18.1. The quantitative estimate of drug-likeness (QED) is 0.611. The highest BCUT2D eigenvalue weighted by Crippen LogP contribution is 2.11. The highest BCUT2D eigenvalue weighted by molar-refractivity contribution is 7.89. The SMILES string of the molecule is O=S(=O)(NCc1ncon1)c1[nH]ncc1CO. The van der Waals surface area contributed by atoms with Crippen molar-refractivity contribution >= 4 is 10.0 Å². The Labute approximate surface area is 95.9 Å². The Kier molecular flexibility index (Phi) is 3.17. The smallest absolute Gasteiger partial charge is 0.258 e. The van der Waals surface area contributed by atoms with E-state index in [9.17, 15) is 8.42 Å². The van der Waals surface area contributed by atoms with Crippen LogP contribution in [0.5, 0.6) is 0 Å². The molecule has 2 aromatic rings. The molecule has 0 fully saturated rings. The molecule has 0 saturated carbocycles. The fourth-order valence-electron chi connectivity index (χ4n) is 1.15. The first-order valence-corrected chi connectivity index (χ1v) is 6.00. The molecule has 2 rings (SSSR count). The van der Waals surface area contributed by atoms with Crippen LogP contribution in [0.1, 0.15) is 11.4 Å². The summed E-state index contributed by atoms with van der Waals surface area (Å²) in [4.78, 5) is 3.66. The summed E-state index contributed by atoms with van der Waals surface area (Å²) in [5.74, 6) is 0.207. The van der Waals surface area contributed by atoms with Crippen molar-refractivity contribution in [3.05, 3.63) is 24.0 Å². The largest absolute Gasteiger partial charge is 0.392 e. The van der Waals surface area contributed by atoms with E-state index >= 15 is 0 Å². The van der Waals surface area contributed by atoms with Crippen molar-refractivity contribution < 1.29 is 18.0 Å². The third-order valence-electron chi connectivity index (χ3n) is 1.94. The minimum Gasteiger partial charge on any atom is -0.392 e. The molecule has 0 bridgehead atoms. The summed E-state index contributed by atoms with van der Waals surface area (Å²) in [6.07, 6.45) is 2.34. The molecule has 0 aliphatic rings. The van der Waals surface area contributed by atoms with Crippen LogP contribution in [-0.2, 0) is 23.2 Å². The van der Waals surface area contributed by atoms with E-state index in [4.69, 9.17) is 5.11 Å². The van der Waals surface area contributed by atoms with E-state index in [0.29, 0.717) is 0 Å². The first-order valence-electron chi connectivity index (χ1n) is 4.51. The lowest BCUT2D eigenvalue weighted by molar-refractivity contribution is 0.278. The third kappa shape index (κ3) is 2.49. The minimum absolute atomic E-state index is 0.108. The molecule has 0 aromatic carbocycles. The molecule has 0 atom stereocenters. The molecular weight excluding hydrogens is 250 g/mol. The standard InChI is InChI=1S/C7H9N5O4S/c13-3-5-1-9-11-7(5)17(14,15)10-2-6-8-4-16-12-6/h1,4,10,13H,2-3H2,(H,9,11). The van der Waals surface area contributed by atoms with Gasteiger partial charge in [0, 0.05) is 5.56 Å².